The van der Waals surface area contributed by atoms with Crippen LogP contribution in [0.1, 0.15) is 16.2 Å². The van der Waals surface area contributed by atoms with E-state index in [1.54, 1.807) is 23.0 Å². The number of carbonyl (C=O) groups excluding carboxylic acids is 1. The molecule has 4 rings (SSSR count). The standard InChI is InChI=1S/C19H14N2O4S2/c1-24-18(23)16-13(12-6-2-3-7-14(12)20-16)9-15-17(22)21(19(26)27-15)10-11-5-4-8-25-11/h2-9,22H,10H2,1H3/b13-9+. The number of carbonyl (C=O) groups is 1. The summed E-state index contributed by atoms with van der Waals surface area (Å²) in [6.45, 7) is 0.325. The molecule has 6 nitrogen and oxygen atoms in total. The summed E-state index contributed by atoms with van der Waals surface area (Å²) in [5, 5.41) is 10.7. The minimum atomic E-state index is -0.532. The van der Waals surface area contributed by atoms with Gasteiger partial charge in [0.2, 0.25) is 5.88 Å². The Morgan fingerprint density at radius 3 is 2.93 bits per heavy atom. The quantitative estimate of drug-likeness (QED) is 0.520. The zero-order valence-corrected chi connectivity index (χ0v) is 15.8. The van der Waals surface area contributed by atoms with Crippen molar-refractivity contribution in [1.82, 2.24) is 4.57 Å². The number of methoxy groups -OCH3 is 1. The molecule has 0 saturated carbocycles. The maximum Gasteiger partial charge on any atom is 0.357 e. The first-order valence-corrected chi connectivity index (χ1v) is 9.24. The van der Waals surface area contributed by atoms with Crippen molar-refractivity contribution in [3.8, 4) is 5.88 Å². The first-order valence-electron chi connectivity index (χ1n) is 8.02. The number of hydrogen-bond acceptors (Lipinski definition) is 7. The molecule has 0 fully saturated rings. The second kappa shape index (κ2) is 6.98. The van der Waals surface area contributed by atoms with Gasteiger partial charge in [-0.25, -0.2) is 9.79 Å². The lowest BCUT2D eigenvalue weighted by Gasteiger charge is -2.04. The Kier molecular flexibility index (Phi) is 4.51. The summed E-state index contributed by atoms with van der Waals surface area (Å²) in [5.74, 6) is 0.166. The fourth-order valence-corrected chi connectivity index (χ4v) is 4.09. The van der Waals surface area contributed by atoms with Crippen molar-refractivity contribution in [2.24, 2.45) is 4.99 Å². The lowest BCUT2D eigenvalue weighted by atomic mass is 10.0. The minimum Gasteiger partial charge on any atom is -0.493 e. The Bertz CT molecular complexity index is 1140. The number of hydrogen-bond donors (Lipinski definition) is 1. The first kappa shape index (κ1) is 17.4. The molecule has 0 unspecified atom stereocenters. The van der Waals surface area contributed by atoms with Gasteiger partial charge in [0, 0.05) is 11.1 Å². The van der Waals surface area contributed by atoms with E-state index in [0.717, 1.165) is 5.56 Å². The van der Waals surface area contributed by atoms with Crippen molar-refractivity contribution in [3.05, 3.63) is 62.8 Å². The van der Waals surface area contributed by atoms with Gasteiger partial charge in [0.05, 0.1) is 30.5 Å². The molecular weight excluding hydrogens is 384 g/mol. The number of nitrogens with zero attached hydrogens (tertiary/aromatic N) is 2. The Labute approximate surface area is 163 Å². The fourth-order valence-electron chi connectivity index (χ4n) is 2.84. The normalized spacial score (nSPS) is 14.3. The molecule has 0 bridgehead atoms. The van der Waals surface area contributed by atoms with Gasteiger partial charge in [-0.15, -0.1) is 11.3 Å². The van der Waals surface area contributed by atoms with Gasteiger partial charge >= 0.3 is 5.97 Å². The number of benzene rings is 1. The fraction of sp³-hybridized carbons (Fsp3) is 0.105. The second-order valence-corrected chi connectivity index (χ2v) is 7.42. The van der Waals surface area contributed by atoms with Gasteiger partial charge in [-0.2, -0.15) is 0 Å². The van der Waals surface area contributed by atoms with Crippen LogP contribution >= 0.6 is 23.6 Å². The summed E-state index contributed by atoms with van der Waals surface area (Å²) in [6.07, 6.45) is 3.29. The molecule has 1 aromatic carbocycles. The largest absolute Gasteiger partial charge is 0.493 e. The molecule has 0 saturated heterocycles. The second-order valence-electron chi connectivity index (χ2n) is 5.75. The van der Waals surface area contributed by atoms with Gasteiger partial charge in [0.1, 0.15) is 5.76 Å². The Morgan fingerprint density at radius 1 is 1.37 bits per heavy atom. The maximum absolute atomic E-state index is 12.2. The zero-order chi connectivity index (χ0) is 19.0. The van der Waals surface area contributed by atoms with Crippen LogP contribution < -0.4 is 0 Å². The van der Waals surface area contributed by atoms with Gasteiger partial charge < -0.3 is 14.3 Å². The van der Waals surface area contributed by atoms with E-state index in [1.165, 1.54) is 18.4 Å². The zero-order valence-electron chi connectivity index (χ0n) is 14.2. The minimum absolute atomic E-state index is 0.0162. The van der Waals surface area contributed by atoms with E-state index in [-0.39, 0.29) is 11.6 Å². The van der Waals surface area contributed by atoms with Gasteiger partial charge in [-0.05, 0) is 36.5 Å². The molecule has 3 aromatic rings. The molecule has 0 atom stereocenters. The third-order valence-electron chi connectivity index (χ3n) is 4.12. The Morgan fingerprint density at radius 2 is 2.19 bits per heavy atom. The lowest BCUT2D eigenvalue weighted by molar-refractivity contribution is -0.132. The average Bonchev–Trinajstić information content (AvgIpc) is 3.37. The molecule has 136 valence electrons. The van der Waals surface area contributed by atoms with Crippen molar-refractivity contribution in [2.45, 2.75) is 6.54 Å². The van der Waals surface area contributed by atoms with Crippen molar-refractivity contribution < 1.29 is 19.1 Å². The number of aromatic nitrogens is 1. The van der Waals surface area contributed by atoms with Gasteiger partial charge in [0.15, 0.2) is 9.67 Å². The SMILES string of the molecule is COC(=O)C1=Nc2ccccc2/C1=C\c1sc(=S)n(Cc2ccco2)c1O. The summed E-state index contributed by atoms with van der Waals surface area (Å²) in [6, 6.07) is 11.0. The first-order chi connectivity index (χ1) is 13.1. The predicted octanol–water partition coefficient (Wildman–Crippen LogP) is 4.43. The molecule has 0 spiro atoms. The number of esters is 1. The maximum atomic E-state index is 12.2. The monoisotopic (exact) mass is 398 g/mol. The molecule has 0 radical (unpaired) electrons. The number of rotatable bonds is 4. The van der Waals surface area contributed by atoms with E-state index >= 15 is 0 Å². The average molecular weight is 398 g/mol. The van der Waals surface area contributed by atoms with E-state index in [0.29, 0.717) is 32.4 Å². The summed E-state index contributed by atoms with van der Waals surface area (Å²) in [7, 11) is 1.31. The van der Waals surface area contributed by atoms with Crippen LogP contribution in [0.2, 0.25) is 0 Å². The van der Waals surface area contributed by atoms with Crippen LogP contribution in [0, 0.1) is 3.95 Å². The van der Waals surface area contributed by atoms with Gasteiger partial charge in [-0.1, -0.05) is 18.2 Å². The van der Waals surface area contributed by atoms with Crippen molar-refractivity contribution >= 4 is 52.6 Å². The molecule has 1 aliphatic rings. The smallest absolute Gasteiger partial charge is 0.357 e. The summed E-state index contributed by atoms with van der Waals surface area (Å²) >= 11 is 6.63. The lowest BCUT2D eigenvalue weighted by Crippen LogP contribution is -2.14. The molecule has 27 heavy (non-hydrogen) atoms. The number of ether oxygens (including phenoxy) is 1. The van der Waals surface area contributed by atoms with Gasteiger partial charge in [0.25, 0.3) is 0 Å². The molecule has 3 heterocycles. The topological polar surface area (TPSA) is 77.0 Å². The van der Waals surface area contributed by atoms with E-state index in [1.807, 2.05) is 30.3 Å². The number of aromatic hydroxyl groups is 1. The van der Waals surface area contributed by atoms with Crippen LogP contribution in [0.5, 0.6) is 5.88 Å². The van der Waals surface area contributed by atoms with E-state index < -0.39 is 5.97 Å². The number of aliphatic imine (C=N–C) groups is 1. The Balaban J connectivity index is 1.80. The molecule has 0 amide bonds. The summed E-state index contributed by atoms with van der Waals surface area (Å²) in [4.78, 5) is 17.1. The highest BCUT2D eigenvalue weighted by molar-refractivity contribution is 7.73. The van der Waals surface area contributed by atoms with Crippen LogP contribution in [0.25, 0.3) is 11.6 Å². The molecule has 0 aliphatic carbocycles. The van der Waals surface area contributed by atoms with Crippen LogP contribution in [0.4, 0.5) is 5.69 Å². The van der Waals surface area contributed by atoms with E-state index in [4.69, 9.17) is 21.4 Å². The molecular formula is C19H14N2O4S2. The van der Waals surface area contributed by atoms with Crippen molar-refractivity contribution in [2.75, 3.05) is 7.11 Å². The Hall–Kier alpha value is -2.97. The van der Waals surface area contributed by atoms with Crippen LogP contribution in [-0.4, -0.2) is 28.5 Å². The summed E-state index contributed by atoms with van der Waals surface area (Å²) < 4.78 is 12.3. The van der Waals surface area contributed by atoms with Crippen LogP contribution in [-0.2, 0) is 16.1 Å². The summed E-state index contributed by atoms with van der Waals surface area (Å²) in [5.41, 5.74) is 2.28. The molecule has 8 heteroatoms. The highest BCUT2D eigenvalue weighted by Gasteiger charge is 2.27. The third-order valence-corrected chi connectivity index (χ3v) is 5.51. The van der Waals surface area contributed by atoms with Crippen molar-refractivity contribution in [1.29, 1.82) is 0 Å². The highest BCUT2D eigenvalue weighted by atomic mass is 32.1. The number of furan rings is 1. The predicted molar refractivity (Wildman–Crippen MR) is 106 cm³/mol. The number of para-hydroxylation sites is 1. The molecule has 1 N–H and O–H groups in total. The van der Waals surface area contributed by atoms with Crippen molar-refractivity contribution in [3.63, 3.8) is 0 Å². The van der Waals surface area contributed by atoms with Crippen LogP contribution in [0.15, 0.2) is 52.1 Å². The number of thiazole rings is 1. The number of fused-ring (bicyclic) bond motifs is 1. The third kappa shape index (κ3) is 3.13. The van der Waals surface area contributed by atoms with Crippen LogP contribution in [0.3, 0.4) is 0 Å². The van der Waals surface area contributed by atoms with E-state index in [2.05, 4.69) is 4.99 Å². The highest BCUT2D eigenvalue weighted by Crippen LogP contribution is 2.38. The van der Waals surface area contributed by atoms with E-state index in [9.17, 15) is 9.90 Å². The molecule has 1 aliphatic heterocycles. The van der Waals surface area contributed by atoms with Gasteiger partial charge in [-0.3, -0.25) is 4.57 Å². The molecule has 2 aromatic heterocycles.